The molecule has 0 unspecified atom stereocenters. The molecule has 0 radical (unpaired) electrons. The SMILES string of the molecule is c1ccc(N(c2ccccc2)c2ccc3c(c2)c2ccccc2n3-c2cc(-n3c4ccccc4c4cc(N(c5ccccc5)c5ccccc5)ccc43)nc(-n3c4ccccc4c4cc(-c5ccc6c(c5)c5ccccc5n6-c5ccccc5)ccc43)n2)cc1. The van der Waals surface area contributed by atoms with Gasteiger partial charge < -0.3 is 14.4 Å². The van der Waals surface area contributed by atoms with Gasteiger partial charge in [0.25, 0.3) is 0 Å². The zero-order valence-corrected chi connectivity index (χ0v) is 48.8. The second kappa shape index (κ2) is 20.7. The van der Waals surface area contributed by atoms with Crippen LogP contribution in [0.2, 0.25) is 0 Å². The Bertz CT molecular complexity index is 5490. The Labute approximate surface area is 518 Å². The van der Waals surface area contributed by atoms with Gasteiger partial charge in [0.2, 0.25) is 5.95 Å². The molecule has 0 atom stereocenters. The summed E-state index contributed by atoms with van der Waals surface area (Å²) >= 11 is 0. The summed E-state index contributed by atoms with van der Waals surface area (Å²) in [5.74, 6) is 2.04. The quantitative estimate of drug-likeness (QED) is 0.130. The Hall–Kier alpha value is -12.3. The minimum atomic E-state index is 0.556. The Morgan fingerprint density at radius 1 is 0.200 bits per heavy atom. The van der Waals surface area contributed by atoms with Crippen molar-refractivity contribution in [3.63, 3.8) is 0 Å². The van der Waals surface area contributed by atoms with E-state index in [1.165, 1.54) is 21.8 Å². The molecule has 0 spiro atoms. The summed E-state index contributed by atoms with van der Waals surface area (Å²) in [7, 11) is 0. The van der Waals surface area contributed by atoms with Crippen LogP contribution in [0, 0.1) is 0 Å². The molecule has 90 heavy (non-hydrogen) atoms. The maximum Gasteiger partial charge on any atom is 0.238 e. The monoisotopic (exact) mass is 1150 g/mol. The molecule has 0 amide bonds. The first kappa shape index (κ1) is 51.0. The van der Waals surface area contributed by atoms with Gasteiger partial charge in [-0.1, -0.05) is 176 Å². The largest absolute Gasteiger partial charge is 0.310 e. The van der Waals surface area contributed by atoms with E-state index < -0.39 is 0 Å². The van der Waals surface area contributed by atoms with E-state index >= 15 is 0 Å². The molecule has 0 fully saturated rings. The normalized spacial score (nSPS) is 11.8. The van der Waals surface area contributed by atoms with Gasteiger partial charge in [0, 0.05) is 89.0 Å². The average molecular weight is 1150 g/mol. The van der Waals surface area contributed by atoms with Crippen LogP contribution in [0.15, 0.2) is 328 Å². The number of hydrogen-bond acceptors (Lipinski definition) is 4. The fourth-order valence-electron chi connectivity index (χ4n) is 14.0. The molecule has 0 aliphatic carbocycles. The first-order valence-corrected chi connectivity index (χ1v) is 30.6. The van der Waals surface area contributed by atoms with Crippen molar-refractivity contribution in [3.8, 4) is 34.4 Å². The second-order valence-electron chi connectivity index (χ2n) is 23.0. The van der Waals surface area contributed by atoms with Crippen molar-refractivity contribution in [2.75, 3.05) is 9.80 Å². The molecule has 422 valence electrons. The molecule has 8 heteroatoms. The highest BCUT2D eigenvalue weighted by Crippen LogP contribution is 2.44. The number of rotatable bonds is 11. The molecule has 0 bridgehead atoms. The van der Waals surface area contributed by atoms with Gasteiger partial charge in [0.05, 0.1) is 44.1 Å². The number of anilines is 6. The molecule has 0 aliphatic heterocycles. The number of nitrogens with zero attached hydrogens (tertiary/aromatic N) is 8. The molecule has 5 aromatic heterocycles. The minimum Gasteiger partial charge on any atom is -0.310 e. The summed E-state index contributed by atoms with van der Waals surface area (Å²) in [5, 5.41) is 9.12. The van der Waals surface area contributed by atoms with Crippen LogP contribution in [0.5, 0.6) is 0 Å². The molecule has 8 nitrogen and oxygen atoms in total. The van der Waals surface area contributed by atoms with Crippen molar-refractivity contribution in [1.29, 1.82) is 0 Å². The summed E-state index contributed by atoms with van der Waals surface area (Å²) in [6.07, 6.45) is 0. The summed E-state index contributed by atoms with van der Waals surface area (Å²) in [4.78, 5) is 16.3. The van der Waals surface area contributed by atoms with E-state index in [1.54, 1.807) is 0 Å². The number of fused-ring (bicyclic) bond motifs is 12. The molecule has 0 N–H and O–H groups in total. The highest BCUT2D eigenvalue weighted by Gasteiger charge is 2.25. The van der Waals surface area contributed by atoms with Gasteiger partial charge in [-0.05, 0) is 157 Å². The van der Waals surface area contributed by atoms with Crippen LogP contribution in [0.25, 0.3) is 122 Å². The third-order valence-corrected chi connectivity index (χ3v) is 17.9. The first-order valence-electron chi connectivity index (χ1n) is 30.6. The van der Waals surface area contributed by atoms with E-state index in [9.17, 15) is 0 Å². The first-order chi connectivity index (χ1) is 44.7. The van der Waals surface area contributed by atoms with Crippen LogP contribution >= 0.6 is 0 Å². The summed E-state index contributed by atoms with van der Waals surface area (Å²) in [6, 6.07) is 118. The standard InChI is InChI=1S/C82H54N8/c1-6-24-57(25-7-1)85(58-26-8-2-9-27-58)62-44-48-77-70(52-62)66-36-17-21-39-73(66)88(77)80-54-81(89-74-40-22-18-37-67(74)71-53-63(45-49-78(71)89)86(59-28-10-3-11-29-59)60-30-12-4-13-31-60)84-82(83-80)90-75-41-23-19-35-65(75)69-51-56(43-47-79(69)90)55-42-46-76-68(50-55)64-34-16-20-38-72(64)87(76)61-32-14-5-15-33-61/h1-54H. The number of aromatic nitrogens is 6. The Morgan fingerprint density at radius 3 is 0.889 bits per heavy atom. The van der Waals surface area contributed by atoms with Crippen molar-refractivity contribution in [2.45, 2.75) is 0 Å². The lowest BCUT2D eigenvalue weighted by Gasteiger charge is -2.25. The van der Waals surface area contributed by atoms with Crippen LogP contribution in [0.4, 0.5) is 34.1 Å². The summed E-state index contributed by atoms with van der Waals surface area (Å²) < 4.78 is 9.31. The van der Waals surface area contributed by atoms with Crippen molar-refractivity contribution in [3.05, 3.63) is 328 Å². The van der Waals surface area contributed by atoms with Crippen molar-refractivity contribution in [1.82, 2.24) is 28.2 Å². The Kier molecular flexibility index (Phi) is 11.7. The fourth-order valence-corrected chi connectivity index (χ4v) is 14.0. The highest BCUT2D eigenvalue weighted by atomic mass is 15.2. The van der Waals surface area contributed by atoms with E-state index in [-0.39, 0.29) is 0 Å². The molecule has 0 saturated heterocycles. The maximum absolute atomic E-state index is 5.80. The molecule has 18 aromatic rings. The zero-order chi connectivity index (χ0) is 59.2. The average Bonchev–Trinajstić information content (AvgIpc) is 1.71. The molecule has 18 rings (SSSR count). The molecule has 0 aliphatic rings. The van der Waals surface area contributed by atoms with Gasteiger partial charge in [-0.2, -0.15) is 9.97 Å². The van der Waals surface area contributed by atoms with Crippen LogP contribution < -0.4 is 9.80 Å². The summed E-state index contributed by atoms with van der Waals surface area (Å²) in [6.45, 7) is 0. The van der Waals surface area contributed by atoms with Gasteiger partial charge in [0.1, 0.15) is 11.6 Å². The van der Waals surface area contributed by atoms with E-state index in [0.29, 0.717) is 5.95 Å². The molecule has 0 saturated carbocycles. The van der Waals surface area contributed by atoms with Crippen LogP contribution in [0.3, 0.4) is 0 Å². The van der Waals surface area contributed by atoms with E-state index in [4.69, 9.17) is 9.97 Å². The van der Waals surface area contributed by atoms with Gasteiger partial charge in [-0.3, -0.25) is 13.7 Å². The van der Waals surface area contributed by atoms with E-state index in [2.05, 4.69) is 356 Å². The van der Waals surface area contributed by atoms with E-state index in [0.717, 1.165) is 128 Å². The lowest BCUT2D eigenvalue weighted by Crippen LogP contribution is -2.11. The van der Waals surface area contributed by atoms with Crippen LogP contribution in [-0.2, 0) is 0 Å². The molecular weight excluding hydrogens is 1100 g/mol. The predicted molar refractivity (Wildman–Crippen MR) is 374 cm³/mol. The van der Waals surface area contributed by atoms with Gasteiger partial charge in [-0.25, -0.2) is 0 Å². The third-order valence-electron chi connectivity index (χ3n) is 17.9. The molecule has 13 aromatic carbocycles. The van der Waals surface area contributed by atoms with Gasteiger partial charge in [0.15, 0.2) is 0 Å². The number of hydrogen-bond donors (Lipinski definition) is 0. The third kappa shape index (κ3) is 8.16. The van der Waals surface area contributed by atoms with Gasteiger partial charge >= 0.3 is 0 Å². The lowest BCUT2D eigenvalue weighted by atomic mass is 10.0. The van der Waals surface area contributed by atoms with Crippen molar-refractivity contribution < 1.29 is 0 Å². The fraction of sp³-hybridized carbons (Fsp3) is 0. The van der Waals surface area contributed by atoms with E-state index in [1.807, 2.05) is 0 Å². The van der Waals surface area contributed by atoms with Crippen molar-refractivity contribution >= 4 is 121 Å². The van der Waals surface area contributed by atoms with Crippen molar-refractivity contribution in [2.24, 2.45) is 0 Å². The highest BCUT2D eigenvalue weighted by molar-refractivity contribution is 6.15. The van der Waals surface area contributed by atoms with Crippen LogP contribution in [0.1, 0.15) is 0 Å². The number of benzene rings is 13. The topological polar surface area (TPSA) is 52.0 Å². The maximum atomic E-state index is 5.80. The predicted octanol–water partition coefficient (Wildman–Crippen LogP) is 21.5. The minimum absolute atomic E-state index is 0.556. The van der Waals surface area contributed by atoms with Gasteiger partial charge in [-0.15, -0.1) is 0 Å². The Balaban J connectivity index is 0.868. The lowest BCUT2D eigenvalue weighted by molar-refractivity contribution is 0.918. The van der Waals surface area contributed by atoms with Crippen LogP contribution in [-0.4, -0.2) is 28.2 Å². The summed E-state index contributed by atoms with van der Waals surface area (Å²) in [5.41, 5.74) is 18.3. The number of para-hydroxylation sites is 9. The molecular formula is C82H54N8. The molecule has 5 heterocycles. The second-order valence-corrected chi connectivity index (χ2v) is 23.0. The zero-order valence-electron chi connectivity index (χ0n) is 48.8. The smallest absolute Gasteiger partial charge is 0.238 e. The Morgan fingerprint density at radius 2 is 0.489 bits per heavy atom.